The zero-order valence-corrected chi connectivity index (χ0v) is 15.4. The van der Waals surface area contributed by atoms with Gasteiger partial charge in [-0.2, -0.15) is 11.3 Å². The lowest BCUT2D eigenvalue weighted by Crippen LogP contribution is -2.49. The summed E-state index contributed by atoms with van der Waals surface area (Å²) in [5.41, 5.74) is 0.757. The third-order valence-electron chi connectivity index (χ3n) is 5.81. The Morgan fingerprint density at radius 2 is 2.00 bits per heavy atom. The van der Waals surface area contributed by atoms with Crippen molar-refractivity contribution in [2.24, 2.45) is 5.92 Å². The highest BCUT2D eigenvalue weighted by Gasteiger charge is 2.43. The van der Waals surface area contributed by atoms with Crippen molar-refractivity contribution in [2.45, 2.75) is 63.1 Å². The first-order valence-corrected chi connectivity index (χ1v) is 9.81. The van der Waals surface area contributed by atoms with Crippen LogP contribution in [0.1, 0.15) is 55.3 Å². The van der Waals surface area contributed by atoms with Crippen LogP contribution in [0.25, 0.3) is 0 Å². The molecule has 0 aromatic carbocycles. The summed E-state index contributed by atoms with van der Waals surface area (Å²) >= 11 is 1.54. The summed E-state index contributed by atoms with van der Waals surface area (Å²) in [5.74, 6) is 0.935. The molecule has 132 valence electrons. The first-order chi connectivity index (χ1) is 11.2. The van der Waals surface area contributed by atoms with E-state index in [0.29, 0.717) is 12.0 Å². The van der Waals surface area contributed by atoms with Gasteiger partial charge in [0.1, 0.15) is 0 Å². The van der Waals surface area contributed by atoms with E-state index >= 15 is 0 Å². The number of ketones is 1. The van der Waals surface area contributed by atoms with Gasteiger partial charge >= 0.3 is 0 Å². The molecule has 1 aromatic heterocycles. The predicted molar refractivity (Wildman–Crippen MR) is 97.9 cm³/mol. The van der Waals surface area contributed by atoms with Crippen molar-refractivity contribution in [3.05, 3.63) is 22.4 Å². The number of carbonyl (C=O) groups is 2. The Kier molecular flexibility index (Phi) is 5.63. The third-order valence-corrected chi connectivity index (χ3v) is 6.49. The van der Waals surface area contributed by atoms with Gasteiger partial charge in [0, 0.05) is 23.5 Å². The Morgan fingerprint density at radius 1 is 1.17 bits per heavy atom. The molecule has 1 aliphatic carbocycles. The number of rotatable bonds is 3. The second-order valence-electron chi connectivity index (χ2n) is 7.17. The van der Waals surface area contributed by atoms with Crippen LogP contribution in [0.4, 0.5) is 0 Å². The van der Waals surface area contributed by atoms with Crippen LogP contribution in [0.5, 0.6) is 0 Å². The van der Waals surface area contributed by atoms with Crippen molar-refractivity contribution in [1.82, 2.24) is 10.2 Å². The number of hydrogen-bond donors (Lipinski definition) is 1. The van der Waals surface area contributed by atoms with Crippen LogP contribution in [0.15, 0.2) is 16.8 Å². The first-order valence-electron chi connectivity index (χ1n) is 8.87. The molecule has 0 unspecified atom stereocenters. The minimum absolute atomic E-state index is 0. The number of carbonyl (C=O) groups excluding carboxylic acids is 2. The van der Waals surface area contributed by atoms with Gasteiger partial charge in [0.25, 0.3) is 0 Å². The van der Waals surface area contributed by atoms with E-state index in [0.717, 1.165) is 31.4 Å². The Hall–Kier alpha value is -0.910. The van der Waals surface area contributed by atoms with Gasteiger partial charge in [0.2, 0.25) is 5.91 Å². The molecule has 6 heteroatoms. The van der Waals surface area contributed by atoms with Gasteiger partial charge in [-0.1, -0.05) is 12.8 Å². The molecule has 2 aliphatic heterocycles. The third kappa shape index (κ3) is 3.26. The fourth-order valence-corrected chi connectivity index (χ4v) is 5.26. The molecule has 1 N–H and O–H groups in total. The molecule has 2 saturated heterocycles. The second-order valence-corrected chi connectivity index (χ2v) is 7.95. The number of Topliss-reactive ketones (excluding diaryl/α,β-unsaturated/α-hetero) is 1. The molecule has 0 radical (unpaired) electrons. The molecule has 3 fully saturated rings. The summed E-state index contributed by atoms with van der Waals surface area (Å²) in [7, 11) is 0. The highest BCUT2D eigenvalue weighted by atomic mass is 35.5. The molecule has 1 saturated carbocycles. The summed E-state index contributed by atoms with van der Waals surface area (Å²) in [6, 6.07) is 2.07. The minimum atomic E-state index is -0.249. The number of fused-ring (bicyclic) bond motifs is 1. The highest BCUT2D eigenvalue weighted by Crippen LogP contribution is 2.34. The standard InChI is InChI=1S/C18H24N2O2S.ClH/c21-17(13-7-9-23-11-13)16-6-3-8-20(16)18(22)15-10-12-4-1-2-5-14(12)19-15;/h7,9,11-12,14-16,19H,1-6,8,10H2;1H/t12-,14-,15-,16-;/m0./s1. The molecule has 4 nitrogen and oxygen atoms in total. The normalized spacial score (nSPS) is 32.2. The van der Waals surface area contributed by atoms with Gasteiger partial charge < -0.3 is 10.2 Å². The first kappa shape index (κ1) is 17.9. The van der Waals surface area contributed by atoms with Crippen molar-refractivity contribution in [3.8, 4) is 0 Å². The van der Waals surface area contributed by atoms with Gasteiger partial charge in [0.15, 0.2) is 5.78 Å². The van der Waals surface area contributed by atoms with Crippen LogP contribution in [0.2, 0.25) is 0 Å². The van der Waals surface area contributed by atoms with Gasteiger partial charge in [-0.15, -0.1) is 12.4 Å². The highest BCUT2D eigenvalue weighted by molar-refractivity contribution is 7.08. The number of thiophene rings is 1. The number of nitrogens with one attached hydrogen (secondary N) is 1. The zero-order valence-electron chi connectivity index (χ0n) is 13.8. The van der Waals surface area contributed by atoms with Gasteiger partial charge in [0.05, 0.1) is 12.1 Å². The van der Waals surface area contributed by atoms with E-state index in [9.17, 15) is 9.59 Å². The molecule has 1 amide bonds. The average molecular weight is 369 g/mol. The summed E-state index contributed by atoms with van der Waals surface area (Å²) in [6.07, 6.45) is 7.72. The monoisotopic (exact) mass is 368 g/mol. The maximum Gasteiger partial charge on any atom is 0.240 e. The Labute approximate surface area is 153 Å². The van der Waals surface area contributed by atoms with Crippen molar-refractivity contribution in [2.75, 3.05) is 6.54 Å². The van der Waals surface area contributed by atoms with Gasteiger partial charge in [-0.3, -0.25) is 9.59 Å². The number of amides is 1. The van der Waals surface area contributed by atoms with E-state index in [1.807, 2.05) is 21.7 Å². The number of nitrogens with zero attached hydrogens (tertiary/aromatic N) is 1. The SMILES string of the molecule is Cl.O=C(c1ccsc1)[C@@H]1CCCN1C(=O)[C@@H]1C[C@@H]2CCCC[C@@H]2N1. The summed E-state index contributed by atoms with van der Waals surface area (Å²) < 4.78 is 0. The van der Waals surface area contributed by atoms with Crippen molar-refractivity contribution < 1.29 is 9.59 Å². The minimum Gasteiger partial charge on any atom is -0.331 e. The molecule has 0 spiro atoms. The maximum atomic E-state index is 13.0. The van der Waals surface area contributed by atoms with Crippen LogP contribution >= 0.6 is 23.7 Å². The van der Waals surface area contributed by atoms with Crippen LogP contribution in [-0.4, -0.2) is 41.3 Å². The summed E-state index contributed by atoms with van der Waals surface area (Å²) in [6.45, 7) is 0.729. The maximum absolute atomic E-state index is 13.0. The van der Waals surface area contributed by atoms with Crippen LogP contribution in [0, 0.1) is 5.92 Å². The van der Waals surface area contributed by atoms with Crippen molar-refractivity contribution in [1.29, 1.82) is 0 Å². The van der Waals surface area contributed by atoms with E-state index < -0.39 is 0 Å². The molecule has 3 heterocycles. The van der Waals surface area contributed by atoms with E-state index in [2.05, 4.69) is 5.32 Å². The molecular formula is C18H25ClN2O2S. The molecule has 4 rings (SSSR count). The van der Waals surface area contributed by atoms with Crippen LogP contribution in [0.3, 0.4) is 0 Å². The Balaban J connectivity index is 0.00000169. The molecule has 4 atom stereocenters. The zero-order chi connectivity index (χ0) is 15.8. The fourth-order valence-electron chi connectivity index (χ4n) is 4.61. The van der Waals surface area contributed by atoms with Gasteiger partial charge in [-0.25, -0.2) is 0 Å². The molecule has 1 aromatic rings. The van der Waals surface area contributed by atoms with E-state index in [1.165, 1.54) is 37.0 Å². The topological polar surface area (TPSA) is 49.4 Å². The lowest BCUT2D eigenvalue weighted by atomic mass is 9.85. The Morgan fingerprint density at radius 3 is 2.75 bits per heavy atom. The van der Waals surface area contributed by atoms with E-state index in [1.54, 1.807) is 0 Å². The fraction of sp³-hybridized carbons (Fsp3) is 0.667. The lowest BCUT2D eigenvalue weighted by molar-refractivity contribution is -0.133. The lowest BCUT2D eigenvalue weighted by Gasteiger charge is -2.27. The smallest absolute Gasteiger partial charge is 0.240 e. The predicted octanol–water partition coefficient (Wildman–Crippen LogP) is 3.26. The number of halogens is 1. The average Bonchev–Trinajstić information content (AvgIpc) is 3.32. The summed E-state index contributed by atoms with van der Waals surface area (Å²) in [5, 5.41) is 7.39. The second kappa shape index (κ2) is 7.54. The van der Waals surface area contributed by atoms with Crippen LogP contribution < -0.4 is 5.32 Å². The number of hydrogen-bond acceptors (Lipinski definition) is 4. The molecule has 24 heavy (non-hydrogen) atoms. The Bertz CT molecular complexity index is 578. The van der Waals surface area contributed by atoms with E-state index in [-0.39, 0.29) is 36.2 Å². The number of likely N-dealkylation sites (tertiary alicyclic amines) is 1. The summed E-state index contributed by atoms with van der Waals surface area (Å²) in [4.78, 5) is 27.5. The van der Waals surface area contributed by atoms with Crippen LogP contribution in [-0.2, 0) is 4.79 Å². The molecule has 3 aliphatic rings. The van der Waals surface area contributed by atoms with Gasteiger partial charge in [-0.05, 0) is 49.5 Å². The van der Waals surface area contributed by atoms with E-state index in [4.69, 9.17) is 0 Å². The molecule has 0 bridgehead atoms. The van der Waals surface area contributed by atoms with Crippen molar-refractivity contribution in [3.63, 3.8) is 0 Å². The largest absolute Gasteiger partial charge is 0.331 e. The van der Waals surface area contributed by atoms with Crippen molar-refractivity contribution >= 4 is 35.4 Å². The quantitative estimate of drug-likeness (QED) is 0.833. The molecular weight excluding hydrogens is 344 g/mol.